The van der Waals surface area contributed by atoms with Crippen molar-refractivity contribution in [3.8, 4) is 0 Å². The Kier molecular flexibility index (Phi) is 5.33. The van der Waals surface area contributed by atoms with E-state index in [4.69, 9.17) is 5.11 Å². The van der Waals surface area contributed by atoms with Crippen LogP contribution in [0.5, 0.6) is 0 Å². The SMILES string of the molecule is CN(C)S(=O)(=O)c1ccccc1S(=O)(=O)N1CCCC(C(=O)O)C1. The second kappa shape index (κ2) is 6.79. The number of carboxylic acids is 1. The van der Waals surface area contributed by atoms with Crippen LogP contribution in [0.15, 0.2) is 34.1 Å². The number of carbonyl (C=O) groups is 1. The highest BCUT2D eigenvalue weighted by Crippen LogP contribution is 2.29. The number of piperidine rings is 1. The Morgan fingerprint density at radius 2 is 1.75 bits per heavy atom. The van der Waals surface area contributed by atoms with Crippen molar-refractivity contribution in [3.63, 3.8) is 0 Å². The van der Waals surface area contributed by atoms with Gasteiger partial charge in [0, 0.05) is 27.2 Å². The summed E-state index contributed by atoms with van der Waals surface area (Å²) in [5.74, 6) is -1.84. The predicted molar refractivity (Wildman–Crippen MR) is 86.4 cm³/mol. The summed E-state index contributed by atoms with van der Waals surface area (Å²) >= 11 is 0. The van der Waals surface area contributed by atoms with Gasteiger partial charge in [0.25, 0.3) is 0 Å². The molecule has 0 saturated carbocycles. The maximum atomic E-state index is 12.9. The lowest BCUT2D eigenvalue weighted by Crippen LogP contribution is -2.42. The van der Waals surface area contributed by atoms with Crippen molar-refractivity contribution in [3.05, 3.63) is 24.3 Å². The average molecular weight is 376 g/mol. The van der Waals surface area contributed by atoms with E-state index in [-0.39, 0.29) is 22.9 Å². The third-order valence-corrected chi connectivity index (χ3v) is 7.88. The molecule has 1 atom stereocenters. The molecule has 0 radical (unpaired) electrons. The first kappa shape index (κ1) is 18.8. The Hall–Kier alpha value is -1.49. The summed E-state index contributed by atoms with van der Waals surface area (Å²) in [6, 6.07) is 5.36. The molecule has 0 aliphatic carbocycles. The van der Waals surface area contributed by atoms with Crippen molar-refractivity contribution in [2.45, 2.75) is 22.6 Å². The second-order valence-corrected chi connectivity index (χ2v) is 9.80. The molecule has 1 fully saturated rings. The van der Waals surface area contributed by atoms with Gasteiger partial charge >= 0.3 is 5.97 Å². The molecule has 0 bridgehead atoms. The van der Waals surface area contributed by atoms with Gasteiger partial charge in [0.05, 0.1) is 5.92 Å². The molecule has 2 rings (SSSR count). The number of hydrogen-bond acceptors (Lipinski definition) is 5. The molecule has 24 heavy (non-hydrogen) atoms. The van der Waals surface area contributed by atoms with Gasteiger partial charge in [-0.1, -0.05) is 12.1 Å². The molecule has 1 unspecified atom stereocenters. The smallest absolute Gasteiger partial charge is 0.307 e. The molecular weight excluding hydrogens is 356 g/mol. The minimum absolute atomic E-state index is 0.159. The summed E-state index contributed by atoms with van der Waals surface area (Å²) in [7, 11) is -5.42. The monoisotopic (exact) mass is 376 g/mol. The van der Waals surface area contributed by atoms with E-state index in [2.05, 4.69) is 0 Å². The fourth-order valence-corrected chi connectivity index (χ4v) is 5.77. The van der Waals surface area contributed by atoms with Gasteiger partial charge in [0.15, 0.2) is 0 Å². The van der Waals surface area contributed by atoms with Gasteiger partial charge in [0.2, 0.25) is 20.0 Å². The Morgan fingerprint density at radius 1 is 1.17 bits per heavy atom. The van der Waals surface area contributed by atoms with E-state index in [1.54, 1.807) is 0 Å². The van der Waals surface area contributed by atoms with Gasteiger partial charge < -0.3 is 5.11 Å². The normalized spacial score (nSPS) is 20.2. The first-order valence-corrected chi connectivity index (χ1v) is 10.2. The van der Waals surface area contributed by atoms with E-state index in [9.17, 15) is 21.6 Å². The summed E-state index contributed by atoms with van der Waals surface area (Å²) in [5, 5.41) is 9.12. The Morgan fingerprint density at radius 3 is 2.29 bits per heavy atom. The second-order valence-electron chi connectivity index (χ2n) is 5.77. The third-order valence-electron chi connectivity index (χ3n) is 3.96. The number of sulfonamides is 2. The lowest BCUT2D eigenvalue weighted by molar-refractivity contribution is -0.142. The van der Waals surface area contributed by atoms with Crippen LogP contribution in [-0.4, -0.2) is 63.7 Å². The maximum Gasteiger partial charge on any atom is 0.307 e. The summed E-state index contributed by atoms with van der Waals surface area (Å²) in [4.78, 5) is 10.5. The van der Waals surface area contributed by atoms with Crippen molar-refractivity contribution in [2.75, 3.05) is 27.2 Å². The van der Waals surface area contributed by atoms with Gasteiger partial charge in [0.1, 0.15) is 9.79 Å². The van der Waals surface area contributed by atoms with Gasteiger partial charge in [-0.05, 0) is 25.0 Å². The average Bonchev–Trinajstić information content (AvgIpc) is 2.54. The topological polar surface area (TPSA) is 112 Å². The van der Waals surface area contributed by atoms with Crippen molar-refractivity contribution >= 4 is 26.0 Å². The van der Waals surface area contributed by atoms with Crippen LogP contribution in [0.3, 0.4) is 0 Å². The molecule has 0 amide bonds. The van der Waals surface area contributed by atoms with E-state index in [0.29, 0.717) is 12.8 Å². The van der Waals surface area contributed by atoms with Crippen molar-refractivity contribution in [2.24, 2.45) is 5.92 Å². The van der Waals surface area contributed by atoms with E-state index in [1.165, 1.54) is 38.4 Å². The first-order chi connectivity index (χ1) is 11.1. The third kappa shape index (κ3) is 3.46. The molecular formula is C14H20N2O6S2. The van der Waals surface area contributed by atoms with E-state index in [1.807, 2.05) is 0 Å². The van der Waals surface area contributed by atoms with E-state index in [0.717, 1.165) is 8.61 Å². The highest BCUT2D eigenvalue weighted by molar-refractivity contribution is 7.92. The zero-order chi connectivity index (χ0) is 18.1. The molecule has 1 aromatic carbocycles. The highest BCUT2D eigenvalue weighted by atomic mass is 32.2. The van der Waals surface area contributed by atoms with Gasteiger partial charge in [-0.2, -0.15) is 4.31 Å². The van der Waals surface area contributed by atoms with Crippen LogP contribution in [0, 0.1) is 5.92 Å². The molecule has 8 nitrogen and oxygen atoms in total. The fourth-order valence-electron chi connectivity index (χ4n) is 2.57. The van der Waals surface area contributed by atoms with Crippen molar-refractivity contribution < 1.29 is 26.7 Å². The van der Waals surface area contributed by atoms with E-state index >= 15 is 0 Å². The molecule has 1 saturated heterocycles. The summed E-state index contributed by atoms with van der Waals surface area (Å²) in [6.45, 7) is 0.0104. The highest BCUT2D eigenvalue weighted by Gasteiger charge is 2.36. The number of nitrogens with zero attached hydrogens (tertiary/aromatic N) is 2. The zero-order valence-corrected chi connectivity index (χ0v) is 15.0. The fraction of sp³-hybridized carbons (Fsp3) is 0.500. The van der Waals surface area contributed by atoms with Crippen molar-refractivity contribution in [1.82, 2.24) is 8.61 Å². The molecule has 1 aromatic rings. The lowest BCUT2D eigenvalue weighted by Gasteiger charge is -2.30. The molecule has 1 heterocycles. The Balaban J connectivity index is 2.50. The summed E-state index contributed by atoms with van der Waals surface area (Å²) in [5.41, 5.74) is 0. The standard InChI is InChI=1S/C14H20N2O6S2/c1-15(2)23(19,20)12-7-3-4-8-13(12)24(21,22)16-9-5-6-11(10-16)14(17)18/h3-4,7-8,11H,5-6,9-10H2,1-2H3,(H,17,18). The Bertz CT molecular complexity index is 833. The minimum atomic E-state index is -4.11. The molecule has 10 heteroatoms. The molecule has 0 aromatic heterocycles. The number of aliphatic carboxylic acids is 1. The zero-order valence-electron chi connectivity index (χ0n) is 13.4. The maximum absolute atomic E-state index is 12.9. The van der Waals surface area contributed by atoms with Crippen LogP contribution >= 0.6 is 0 Å². The van der Waals surface area contributed by atoms with Crippen LogP contribution in [-0.2, 0) is 24.8 Å². The molecule has 1 aliphatic heterocycles. The van der Waals surface area contributed by atoms with Crippen LogP contribution in [0.25, 0.3) is 0 Å². The van der Waals surface area contributed by atoms with Crippen LogP contribution in [0.2, 0.25) is 0 Å². The predicted octanol–water partition coefficient (Wildman–Crippen LogP) is 0.422. The molecule has 1 aliphatic rings. The summed E-state index contributed by atoms with van der Waals surface area (Å²) in [6.07, 6.45) is 0.817. The lowest BCUT2D eigenvalue weighted by atomic mass is 10.0. The number of hydrogen-bond donors (Lipinski definition) is 1. The van der Waals surface area contributed by atoms with Crippen LogP contribution in [0.1, 0.15) is 12.8 Å². The van der Waals surface area contributed by atoms with Gasteiger partial charge in [-0.25, -0.2) is 21.1 Å². The van der Waals surface area contributed by atoms with E-state index < -0.39 is 31.9 Å². The number of benzene rings is 1. The van der Waals surface area contributed by atoms with Gasteiger partial charge in [-0.3, -0.25) is 4.79 Å². The summed E-state index contributed by atoms with van der Waals surface area (Å²) < 4.78 is 52.6. The quantitative estimate of drug-likeness (QED) is 0.797. The first-order valence-electron chi connectivity index (χ1n) is 7.33. The molecule has 134 valence electrons. The van der Waals surface area contributed by atoms with Gasteiger partial charge in [-0.15, -0.1) is 0 Å². The van der Waals surface area contributed by atoms with Crippen LogP contribution < -0.4 is 0 Å². The van der Waals surface area contributed by atoms with Crippen LogP contribution in [0.4, 0.5) is 0 Å². The molecule has 0 spiro atoms. The Labute approximate surface area is 141 Å². The largest absolute Gasteiger partial charge is 0.481 e. The number of carboxylic acid groups (broad SMARTS) is 1. The van der Waals surface area contributed by atoms with Crippen molar-refractivity contribution in [1.29, 1.82) is 0 Å². The minimum Gasteiger partial charge on any atom is -0.481 e. The molecule has 1 N–H and O–H groups in total. The number of rotatable bonds is 5.